The van der Waals surface area contributed by atoms with Crippen LogP contribution in [-0.4, -0.2) is 35.4 Å². The van der Waals surface area contributed by atoms with Gasteiger partial charge in [-0.1, -0.05) is 36.4 Å². The van der Waals surface area contributed by atoms with Gasteiger partial charge in [-0.2, -0.15) is 0 Å². The maximum atomic E-state index is 12.2. The van der Waals surface area contributed by atoms with Gasteiger partial charge in [0.1, 0.15) is 0 Å². The monoisotopic (exact) mass is 283 g/mol. The Morgan fingerprint density at radius 3 is 2.57 bits per heavy atom. The summed E-state index contributed by atoms with van der Waals surface area (Å²) in [5.74, 6) is -0.0326. The van der Waals surface area contributed by atoms with Crippen molar-refractivity contribution in [2.24, 2.45) is 5.73 Å². The highest BCUT2D eigenvalue weighted by Crippen LogP contribution is 2.04. The molecule has 0 radical (unpaired) electrons. The van der Waals surface area contributed by atoms with Gasteiger partial charge in [0, 0.05) is 31.9 Å². The van der Waals surface area contributed by atoms with E-state index < -0.39 is 6.04 Å². The summed E-state index contributed by atoms with van der Waals surface area (Å²) < 4.78 is 0. The fraction of sp³-hybridized carbons (Fsp3) is 0.294. The van der Waals surface area contributed by atoms with Crippen molar-refractivity contribution in [1.29, 1.82) is 0 Å². The third-order valence-corrected chi connectivity index (χ3v) is 3.42. The number of carbonyl (C=O) groups is 1. The van der Waals surface area contributed by atoms with E-state index in [1.165, 1.54) is 0 Å². The Balaban J connectivity index is 1.84. The second kappa shape index (κ2) is 7.55. The number of hydrogen-bond donors (Lipinski definition) is 1. The van der Waals surface area contributed by atoms with Gasteiger partial charge in [0.05, 0.1) is 6.04 Å². The molecule has 0 aliphatic rings. The van der Waals surface area contributed by atoms with Crippen LogP contribution in [0, 0.1) is 0 Å². The molecule has 110 valence electrons. The van der Waals surface area contributed by atoms with E-state index >= 15 is 0 Å². The van der Waals surface area contributed by atoms with Crippen LogP contribution in [-0.2, 0) is 17.6 Å². The number of pyridine rings is 1. The fourth-order valence-corrected chi connectivity index (χ4v) is 2.18. The van der Waals surface area contributed by atoms with Crippen molar-refractivity contribution >= 4 is 5.91 Å². The van der Waals surface area contributed by atoms with Crippen LogP contribution in [0.4, 0.5) is 0 Å². The molecule has 2 N–H and O–H groups in total. The molecule has 0 aliphatic carbocycles. The molecule has 4 heteroatoms. The number of nitrogens with zero attached hydrogens (tertiary/aromatic N) is 2. The molecule has 0 saturated heterocycles. The van der Waals surface area contributed by atoms with Crippen LogP contribution in [0.15, 0.2) is 54.7 Å². The normalized spacial score (nSPS) is 11.9. The first-order valence-electron chi connectivity index (χ1n) is 7.11. The number of aromatic nitrogens is 1. The highest BCUT2D eigenvalue weighted by Gasteiger charge is 2.18. The summed E-state index contributed by atoms with van der Waals surface area (Å²) in [4.78, 5) is 18.2. The zero-order valence-corrected chi connectivity index (χ0v) is 12.3. The molecule has 21 heavy (non-hydrogen) atoms. The van der Waals surface area contributed by atoms with Gasteiger partial charge in [-0.15, -0.1) is 0 Å². The van der Waals surface area contributed by atoms with Crippen molar-refractivity contribution in [1.82, 2.24) is 9.88 Å². The van der Waals surface area contributed by atoms with Gasteiger partial charge in [0.15, 0.2) is 0 Å². The molecule has 0 fully saturated rings. The standard InChI is InChI=1S/C17H21N3O/c1-20(12-10-15-9-5-6-11-19-15)17(21)16(18)13-14-7-3-2-4-8-14/h2-9,11,16H,10,12-13,18H2,1H3/t16-/m0/s1. The molecule has 1 aromatic heterocycles. The predicted octanol–water partition coefficient (Wildman–Crippen LogP) is 1.65. The molecule has 0 aliphatic heterocycles. The first-order valence-corrected chi connectivity index (χ1v) is 7.11. The molecule has 4 nitrogen and oxygen atoms in total. The van der Waals surface area contributed by atoms with E-state index in [0.29, 0.717) is 13.0 Å². The van der Waals surface area contributed by atoms with Gasteiger partial charge in [0.2, 0.25) is 5.91 Å². The van der Waals surface area contributed by atoms with Gasteiger partial charge >= 0.3 is 0 Å². The first kappa shape index (κ1) is 15.2. The van der Waals surface area contributed by atoms with Crippen LogP contribution in [0.5, 0.6) is 0 Å². The average molecular weight is 283 g/mol. The van der Waals surface area contributed by atoms with Gasteiger partial charge in [-0.05, 0) is 24.1 Å². The molecular formula is C17H21N3O. The minimum atomic E-state index is -0.499. The van der Waals surface area contributed by atoms with Crippen molar-refractivity contribution in [2.75, 3.05) is 13.6 Å². The molecule has 1 amide bonds. The van der Waals surface area contributed by atoms with E-state index in [4.69, 9.17) is 5.73 Å². The second-order valence-corrected chi connectivity index (χ2v) is 5.13. The minimum Gasteiger partial charge on any atom is -0.344 e. The number of carbonyl (C=O) groups excluding carboxylic acids is 1. The molecule has 1 aromatic carbocycles. The summed E-state index contributed by atoms with van der Waals surface area (Å²) in [6, 6.07) is 15.1. The molecule has 0 unspecified atom stereocenters. The Labute approximate surface area is 125 Å². The first-order chi connectivity index (χ1) is 10.2. The fourth-order valence-electron chi connectivity index (χ4n) is 2.18. The molecule has 1 heterocycles. The summed E-state index contributed by atoms with van der Waals surface area (Å²) in [7, 11) is 1.79. The number of amides is 1. The van der Waals surface area contributed by atoms with Crippen LogP contribution in [0.3, 0.4) is 0 Å². The van der Waals surface area contributed by atoms with Gasteiger partial charge in [0.25, 0.3) is 0 Å². The lowest BCUT2D eigenvalue weighted by atomic mass is 10.1. The van der Waals surface area contributed by atoms with Gasteiger partial charge < -0.3 is 10.6 Å². The van der Waals surface area contributed by atoms with Crippen LogP contribution < -0.4 is 5.73 Å². The molecule has 2 rings (SSSR count). The van der Waals surface area contributed by atoms with Crippen LogP contribution in [0.25, 0.3) is 0 Å². The molecule has 0 saturated carbocycles. The average Bonchev–Trinajstić information content (AvgIpc) is 2.53. The topological polar surface area (TPSA) is 59.2 Å². The largest absolute Gasteiger partial charge is 0.344 e. The van der Waals surface area contributed by atoms with E-state index in [1.54, 1.807) is 18.1 Å². The maximum Gasteiger partial charge on any atom is 0.239 e. The molecule has 0 spiro atoms. The predicted molar refractivity (Wildman–Crippen MR) is 83.7 cm³/mol. The molecule has 2 aromatic rings. The lowest BCUT2D eigenvalue weighted by Gasteiger charge is -2.21. The van der Waals surface area contributed by atoms with Crippen molar-refractivity contribution in [2.45, 2.75) is 18.9 Å². The van der Waals surface area contributed by atoms with E-state index in [0.717, 1.165) is 17.7 Å². The maximum absolute atomic E-state index is 12.2. The number of rotatable bonds is 6. The molecule has 1 atom stereocenters. The summed E-state index contributed by atoms with van der Waals surface area (Å²) in [5.41, 5.74) is 8.07. The zero-order chi connectivity index (χ0) is 15.1. The van der Waals surface area contributed by atoms with Crippen molar-refractivity contribution in [3.8, 4) is 0 Å². The third kappa shape index (κ3) is 4.68. The summed E-state index contributed by atoms with van der Waals surface area (Å²) >= 11 is 0. The number of likely N-dealkylation sites (N-methyl/N-ethyl adjacent to an activating group) is 1. The van der Waals surface area contributed by atoms with Crippen LogP contribution in [0.2, 0.25) is 0 Å². The lowest BCUT2D eigenvalue weighted by Crippen LogP contribution is -2.43. The Bertz CT molecular complexity index is 557. The smallest absolute Gasteiger partial charge is 0.239 e. The van der Waals surface area contributed by atoms with Crippen LogP contribution >= 0.6 is 0 Å². The van der Waals surface area contributed by atoms with E-state index in [9.17, 15) is 4.79 Å². The summed E-state index contributed by atoms with van der Waals surface area (Å²) in [6.45, 7) is 0.623. The van der Waals surface area contributed by atoms with E-state index in [-0.39, 0.29) is 5.91 Å². The Kier molecular flexibility index (Phi) is 5.46. The van der Waals surface area contributed by atoms with Crippen molar-refractivity contribution in [3.05, 3.63) is 66.0 Å². The highest BCUT2D eigenvalue weighted by molar-refractivity contribution is 5.81. The minimum absolute atomic E-state index is 0.0326. The number of hydrogen-bond acceptors (Lipinski definition) is 3. The SMILES string of the molecule is CN(CCc1ccccn1)C(=O)[C@@H](N)Cc1ccccc1. The Morgan fingerprint density at radius 2 is 1.90 bits per heavy atom. The van der Waals surface area contributed by atoms with E-state index in [1.807, 2.05) is 48.5 Å². The highest BCUT2D eigenvalue weighted by atomic mass is 16.2. The third-order valence-electron chi connectivity index (χ3n) is 3.42. The van der Waals surface area contributed by atoms with Gasteiger partial charge in [-0.25, -0.2) is 0 Å². The zero-order valence-electron chi connectivity index (χ0n) is 12.3. The number of nitrogens with two attached hydrogens (primary N) is 1. The van der Waals surface area contributed by atoms with Crippen molar-refractivity contribution in [3.63, 3.8) is 0 Å². The van der Waals surface area contributed by atoms with Gasteiger partial charge in [-0.3, -0.25) is 9.78 Å². The quantitative estimate of drug-likeness (QED) is 0.877. The van der Waals surface area contributed by atoms with Crippen LogP contribution in [0.1, 0.15) is 11.3 Å². The second-order valence-electron chi connectivity index (χ2n) is 5.13. The molecular weight excluding hydrogens is 262 g/mol. The Morgan fingerprint density at radius 1 is 1.19 bits per heavy atom. The molecule has 0 bridgehead atoms. The van der Waals surface area contributed by atoms with E-state index in [2.05, 4.69) is 4.98 Å². The summed E-state index contributed by atoms with van der Waals surface area (Å²) in [6.07, 6.45) is 3.06. The lowest BCUT2D eigenvalue weighted by molar-refractivity contribution is -0.131. The van der Waals surface area contributed by atoms with Crippen molar-refractivity contribution < 1.29 is 4.79 Å². The Hall–Kier alpha value is -2.20. The number of benzene rings is 1. The summed E-state index contributed by atoms with van der Waals surface area (Å²) in [5, 5.41) is 0.